The maximum atomic E-state index is 11.9. The number of alkyl halides is 2. The number of carbonyl (C=O) groups excluding carboxylic acids is 1. The second-order valence-corrected chi connectivity index (χ2v) is 3.47. The van der Waals surface area contributed by atoms with Gasteiger partial charge in [0, 0.05) is 23.6 Å². The van der Waals surface area contributed by atoms with Crippen molar-refractivity contribution in [3.63, 3.8) is 0 Å². The minimum absolute atomic E-state index is 0.00472. The molecule has 8 heteroatoms. The largest absolute Gasteiger partial charge is 0.435 e. The Kier molecular flexibility index (Phi) is 6.11. The number of azide groups is 1. The molecular weight excluding hydrogens is 258 g/mol. The summed E-state index contributed by atoms with van der Waals surface area (Å²) >= 11 is 0. The smallest absolute Gasteiger partial charge is 0.387 e. The van der Waals surface area contributed by atoms with Gasteiger partial charge in [0.2, 0.25) is 0 Å². The van der Waals surface area contributed by atoms with Crippen LogP contribution in [-0.4, -0.2) is 25.6 Å². The normalized spacial score (nSPS) is 9.84. The van der Waals surface area contributed by atoms with Crippen LogP contribution in [0.4, 0.5) is 8.78 Å². The molecule has 0 atom stereocenters. The lowest BCUT2D eigenvalue weighted by atomic mass is 10.2. The summed E-state index contributed by atoms with van der Waals surface area (Å²) in [5, 5.41) is 5.93. The zero-order chi connectivity index (χ0) is 14.1. The van der Waals surface area contributed by atoms with Gasteiger partial charge in [-0.05, 0) is 36.2 Å². The van der Waals surface area contributed by atoms with Crippen LogP contribution in [0.1, 0.15) is 16.8 Å². The van der Waals surface area contributed by atoms with Crippen molar-refractivity contribution in [2.75, 3.05) is 13.1 Å². The van der Waals surface area contributed by atoms with Crippen LogP contribution in [0.3, 0.4) is 0 Å². The molecule has 0 radical (unpaired) electrons. The van der Waals surface area contributed by atoms with E-state index in [0.29, 0.717) is 25.1 Å². The molecule has 1 aromatic rings. The molecule has 6 nitrogen and oxygen atoms in total. The molecule has 0 fully saturated rings. The maximum absolute atomic E-state index is 11.9. The maximum Gasteiger partial charge on any atom is 0.387 e. The highest BCUT2D eigenvalue weighted by molar-refractivity contribution is 5.94. The van der Waals surface area contributed by atoms with Gasteiger partial charge in [0.15, 0.2) is 0 Å². The van der Waals surface area contributed by atoms with Gasteiger partial charge in [0.25, 0.3) is 5.91 Å². The Bertz CT molecular complexity index is 458. The number of nitrogens with zero attached hydrogens (tertiary/aromatic N) is 3. The van der Waals surface area contributed by atoms with Crippen LogP contribution in [-0.2, 0) is 0 Å². The number of hydrogen-bond donors (Lipinski definition) is 1. The summed E-state index contributed by atoms with van der Waals surface area (Å²) < 4.78 is 28.0. The van der Waals surface area contributed by atoms with Crippen LogP contribution in [0.15, 0.2) is 29.4 Å². The van der Waals surface area contributed by atoms with E-state index >= 15 is 0 Å². The van der Waals surface area contributed by atoms with E-state index in [-0.39, 0.29) is 11.7 Å². The van der Waals surface area contributed by atoms with Gasteiger partial charge in [-0.2, -0.15) is 8.78 Å². The van der Waals surface area contributed by atoms with Crippen LogP contribution < -0.4 is 10.1 Å². The van der Waals surface area contributed by atoms with Crippen LogP contribution in [0.2, 0.25) is 0 Å². The van der Waals surface area contributed by atoms with Gasteiger partial charge >= 0.3 is 6.61 Å². The Hall–Kier alpha value is -2.34. The van der Waals surface area contributed by atoms with Crippen LogP contribution in [0.25, 0.3) is 10.4 Å². The second kappa shape index (κ2) is 7.88. The third kappa shape index (κ3) is 5.69. The van der Waals surface area contributed by atoms with E-state index in [9.17, 15) is 13.6 Å². The molecule has 0 aliphatic heterocycles. The minimum Gasteiger partial charge on any atom is -0.435 e. The molecule has 1 rings (SSSR count). The van der Waals surface area contributed by atoms with Gasteiger partial charge < -0.3 is 10.1 Å². The van der Waals surface area contributed by atoms with Gasteiger partial charge in [-0.15, -0.1) is 0 Å². The third-order valence-electron chi connectivity index (χ3n) is 2.13. The van der Waals surface area contributed by atoms with Crippen LogP contribution in [0.5, 0.6) is 5.75 Å². The molecule has 0 bridgehead atoms. The Balaban J connectivity index is 2.42. The summed E-state index contributed by atoms with van der Waals surface area (Å²) in [5.41, 5.74) is 8.39. The van der Waals surface area contributed by atoms with Crippen LogP contribution >= 0.6 is 0 Å². The van der Waals surface area contributed by atoms with Gasteiger partial charge in [0.05, 0.1) is 0 Å². The summed E-state index contributed by atoms with van der Waals surface area (Å²) in [6.45, 7) is -2.22. The molecule has 1 N–H and O–H groups in total. The van der Waals surface area contributed by atoms with E-state index in [2.05, 4.69) is 20.1 Å². The van der Waals surface area contributed by atoms with Crippen molar-refractivity contribution in [1.29, 1.82) is 0 Å². The lowest BCUT2D eigenvalue weighted by molar-refractivity contribution is -0.0498. The molecule has 102 valence electrons. The molecule has 0 unspecified atom stereocenters. The summed E-state index contributed by atoms with van der Waals surface area (Å²) in [6.07, 6.45) is 0.530. The van der Waals surface area contributed by atoms with Gasteiger partial charge in [-0.1, -0.05) is 5.11 Å². The van der Waals surface area contributed by atoms with Gasteiger partial charge in [0.1, 0.15) is 5.75 Å². The lowest BCUT2D eigenvalue weighted by Gasteiger charge is -2.06. The SMILES string of the molecule is [N-]=[N+]=NCCCNC(=O)c1ccc(OC(F)F)cc1. The molecule has 0 aromatic heterocycles. The first kappa shape index (κ1) is 14.7. The molecule has 0 heterocycles. The zero-order valence-electron chi connectivity index (χ0n) is 9.92. The Morgan fingerprint density at radius 1 is 1.42 bits per heavy atom. The summed E-state index contributed by atoms with van der Waals surface area (Å²) in [4.78, 5) is 14.2. The van der Waals surface area contributed by atoms with Crippen LogP contribution in [0, 0.1) is 0 Å². The number of nitrogens with one attached hydrogen (secondary N) is 1. The van der Waals surface area contributed by atoms with E-state index in [4.69, 9.17) is 5.53 Å². The standard InChI is InChI=1S/C11H12F2N4O2/c12-11(13)19-9-4-2-8(3-5-9)10(18)15-6-1-7-16-17-14/h2-5,11H,1,6-7H2,(H,15,18). The summed E-state index contributed by atoms with van der Waals surface area (Å²) in [6, 6.07) is 5.36. The average Bonchev–Trinajstić information content (AvgIpc) is 2.38. The molecule has 0 saturated heterocycles. The Morgan fingerprint density at radius 2 is 2.11 bits per heavy atom. The van der Waals surface area contributed by atoms with Crippen molar-refractivity contribution in [2.45, 2.75) is 13.0 Å². The third-order valence-corrected chi connectivity index (χ3v) is 2.13. The highest BCUT2D eigenvalue weighted by Crippen LogP contribution is 2.14. The quantitative estimate of drug-likeness (QED) is 0.357. The second-order valence-electron chi connectivity index (χ2n) is 3.47. The fourth-order valence-electron chi connectivity index (χ4n) is 1.29. The van der Waals surface area contributed by atoms with Crippen molar-refractivity contribution in [2.24, 2.45) is 5.11 Å². The van der Waals surface area contributed by atoms with Crippen molar-refractivity contribution in [1.82, 2.24) is 5.32 Å². The molecular formula is C11H12F2N4O2. The lowest BCUT2D eigenvalue weighted by Crippen LogP contribution is -2.24. The highest BCUT2D eigenvalue weighted by Gasteiger charge is 2.07. The predicted octanol–water partition coefficient (Wildman–Crippen LogP) is 2.72. The predicted molar refractivity (Wildman–Crippen MR) is 64.0 cm³/mol. The van der Waals surface area contributed by atoms with Gasteiger partial charge in [-0.25, -0.2) is 0 Å². The number of amides is 1. The van der Waals surface area contributed by atoms with E-state index in [0.717, 1.165) is 0 Å². The molecule has 0 spiro atoms. The Morgan fingerprint density at radius 3 is 2.68 bits per heavy atom. The number of carbonyl (C=O) groups is 1. The zero-order valence-corrected chi connectivity index (χ0v) is 9.92. The van der Waals surface area contributed by atoms with Crippen molar-refractivity contribution >= 4 is 5.91 Å². The van der Waals surface area contributed by atoms with Gasteiger partial charge in [-0.3, -0.25) is 4.79 Å². The molecule has 1 amide bonds. The van der Waals surface area contributed by atoms with Crippen molar-refractivity contribution in [3.8, 4) is 5.75 Å². The fraction of sp³-hybridized carbons (Fsp3) is 0.364. The monoisotopic (exact) mass is 270 g/mol. The van der Waals surface area contributed by atoms with E-state index in [1.165, 1.54) is 24.3 Å². The molecule has 19 heavy (non-hydrogen) atoms. The van der Waals surface area contributed by atoms with E-state index in [1.807, 2.05) is 0 Å². The number of benzene rings is 1. The fourth-order valence-corrected chi connectivity index (χ4v) is 1.29. The van der Waals surface area contributed by atoms with Crippen molar-refractivity contribution < 1.29 is 18.3 Å². The van der Waals surface area contributed by atoms with E-state index < -0.39 is 6.61 Å². The summed E-state index contributed by atoms with van der Waals surface area (Å²) in [5.74, 6) is -0.334. The number of hydrogen-bond acceptors (Lipinski definition) is 3. The topological polar surface area (TPSA) is 87.1 Å². The molecule has 0 aliphatic rings. The number of halogens is 2. The molecule has 0 aliphatic carbocycles. The van der Waals surface area contributed by atoms with E-state index in [1.54, 1.807) is 0 Å². The minimum atomic E-state index is -2.89. The number of rotatable bonds is 7. The molecule has 0 saturated carbocycles. The highest BCUT2D eigenvalue weighted by atomic mass is 19.3. The first-order chi connectivity index (χ1) is 9.13. The summed E-state index contributed by atoms with van der Waals surface area (Å²) in [7, 11) is 0. The first-order valence-corrected chi connectivity index (χ1v) is 5.47. The van der Waals surface area contributed by atoms with Crippen molar-refractivity contribution in [3.05, 3.63) is 40.3 Å². The molecule has 1 aromatic carbocycles. The Labute approximate surface area is 108 Å². The first-order valence-electron chi connectivity index (χ1n) is 5.47. The number of ether oxygens (including phenoxy) is 1. The average molecular weight is 270 g/mol.